The molecule has 1 heterocycles. The van der Waals surface area contributed by atoms with Crippen molar-refractivity contribution in [3.63, 3.8) is 0 Å². The molecule has 1 fully saturated rings. The van der Waals surface area contributed by atoms with Crippen LogP contribution in [0.5, 0.6) is 11.5 Å². The minimum atomic E-state index is -0.902. The van der Waals surface area contributed by atoms with Gasteiger partial charge < -0.3 is 19.8 Å². The second kappa shape index (κ2) is 13.7. The molecule has 1 atom stereocenters. The largest absolute Gasteiger partial charge is 0.504 e. The summed E-state index contributed by atoms with van der Waals surface area (Å²) in [4.78, 5) is 36.1. The number of rotatable bonds is 12. The monoisotopic (exact) mass is 509 g/mol. The van der Waals surface area contributed by atoms with Gasteiger partial charge in [-0.3, -0.25) is 19.7 Å². The van der Waals surface area contributed by atoms with Crippen LogP contribution in [0.4, 0.5) is 5.69 Å². The summed E-state index contributed by atoms with van der Waals surface area (Å²) in [6, 6.07) is 3.71. The van der Waals surface area contributed by atoms with Gasteiger partial charge >= 0.3 is 11.7 Å². The molecule has 0 aromatic heterocycles. The lowest BCUT2D eigenvalue weighted by molar-refractivity contribution is -0.386. The summed E-state index contributed by atoms with van der Waals surface area (Å²) in [6.07, 6.45) is 5.43. The number of nitrogens with zero attached hydrogens (tertiary/aromatic N) is 3. The molecule has 0 bridgehead atoms. The molecular formula is C22H27N3O7S2. The number of ether oxygens (including phenoxy) is 1. The van der Waals surface area contributed by atoms with Crippen LogP contribution in [0, 0.1) is 21.4 Å². The Balaban J connectivity index is 1.88. The molecule has 0 spiro atoms. The zero-order valence-electron chi connectivity index (χ0n) is 18.8. The van der Waals surface area contributed by atoms with Crippen LogP contribution in [0.25, 0.3) is 6.08 Å². The van der Waals surface area contributed by atoms with Gasteiger partial charge in [-0.1, -0.05) is 28.0 Å². The number of hydrogen-bond acceptors (Lipinski definition) is 10. The van der Waals surface area contributed by atoms with E-state index in [9.17, 15) is 35.2 Å². The van der Waals surface area contributed by atoms with Gasteiger partial charge in [0.25, 0.3) is 5.91 Å². The summed E-state index contributed by atoms with van der Waals surface area (Å²) in [5.41, 5.74) is -1.07. The van der Waals surface area contributed by atoms with Crippen molar-refractivity contribution in [2.24, 2.45) is 0 Å². The van der Waals surface area contributed by atoms with Crippen molar-refractivity contribution in [1.29, 1.82) is 5.26 Å². The van der Waals surface area contributed by atoms with Gasteiger partial charge in [0.05, 0.1) is 11.5 Å². The summed E-state index contributed by atoms with van der Waals surface area (Å²) in [5, 5.41) is 40.4. The maximum Gasteiger partial charge on any atom is 0.315 e. The van der Waals surface area contributed by atoms with Gasteiger partial charge in [-0.15, -0.1) is 0 Å². The Hall–Kier alpha value is -2.91. The number of benzene rings is 1. The van der Waals surface area contributed by atoms with E-state index in [2.05, 4.69) is 0 Å². The highest BCUT2D eigenvalue weighted by atomic mass is 33.1. The Morgan fingerprint density at radius 2 is 2.15 bits per heavy atom. The summed E-state index contributed by atoms with van der Waals surface area (Å²) in [5.74, 6) is -1.45. The molecule has 1 saturated heterocycles. The lowest BCUT2D eigenvalue weighted by Crippen LogP contribution is -2.35. The normalized spacial score (nSPS) is 15.5. The minimum Gasteiger partial charge on any atom is -0.504 e. The predicted octanol–water partition coefficient (Wildman–Crippen LogP) is 4.02. The highest BCUT2D eigenvalue weighted by Crippen LogP contribution is 2.40. The van der Waals surface area contributed by atoms with E-state index in [1.54, 1.807) is 13.0 Å². The van der Waals surface area contributed by atoms with E-state index in [0.29, 0.717) is 11.7 Å². The van der Waals surface area contributed by atoms with Crippen molar-refractivity contribution in [1.82, 2.24) is 4.90 Å². The number of aromatic hydroxyl groups is 2. The van der Waals surface area contributed by atoms with Gasteiger partial charge in [0.15, 0.2) is 5.75 Å². The van der Waals surface area contributed by atoms with E-state index in [1.807, 2.05) is 21.6 Å². The molecular weight excluding hydrogens is 482 g/mol. The Morgan fingerprint density at radius 1 is 1.38 bits per heavy atom. The second-order valence-electron chi connectivity index (χ2n) is 7.51. The smallest absolute Gasteiger partial charge is 0.315 e. The highest BCUT2D eigenvalue weighted by molar-refractivity contribution is 8.77. The number of likely N-dealkylation sites (N-methyl/N-ethyl adjacent to an activating group) is 1. The van der Waals surface area contributed by atoms with Crippen molar-refractivity contribution in [2.75, 3.05) is 25.4 Å². The summed E-state index contributed by atoms with van der Waals surface area (Å²) < 4.78 is 5.22. The minimum absolute atomic E-state index is 0.00368. The number of esters is 1. The topological polar surface area (TPSA) is 154 Å². The van der Waals surface area contributed by atoms with E-state index in [1.165, 1.54) is 17.1 Å². The summed E-state index contributed by atoms with van der Waals surface area (Å²) in [7, 11) is 3.81. The number of nitro groups is 1. The number of hydrogen-bond donors (Lipinski definition) is 2. The standard InChI is InChI=1S/C22H27N3O7S2/c1-2-24(8-9-32-20(27)6-4-3-5-17-7-10-33-34-17)22(29)16(14-23)11-15-12-18(25(30)31)21(28)19(26)13-15/h11-13,17,26,28H,2-10H2,1H3/b16-11+. The first-order valence-electron chi connectivity index (χ1n) is 10.8. The molecule has 12 heteroatoms. The molecule has 1 aromatic rings. The molecule has 10 nitrogen and oxygen atoms in total. The number of nitriles is 1. The maximum atomic E-state index is 12.7. The Labute approximate surface area is 205 Å². The zero-order chi connectivity index (χ0) is 25.1. The van der Waals surface area contributed by atoms with Gasteiger partial charge in [0, 0.05) is 30.0 Å². The van der Waals surface area contributed by atoms with Crippen molar-refractivity contribution >= 4 is 45.2 Å². The molecule has 34 heavy (non-hydrogen) atoms. The number of unbranched alkanes of at least 4 members (excludes halogenated alkanes) is 1. The van der Waals surface area contributed by atoms with Crippen LogP contribution in [0.3, 0.4) is 0 Å². The van der Waals surface area contributed by atoms with E-state index >= 15 is 0 Å². The first kappa shape index (κ1) is 27.3. The summed E-state index contributed by atoms with van der Waals surface area (Å²) in [6.45, 7) is 2.01. The second-order valence-corrected chi connectivity index (χ2v) is 10.3. The van der Waals surface area contributed by atoms with Crippen LogP contribution >= 0.6 is 21.6 Å². The van der Waals surface area contributed by atoms with Gasteiger partial charge in [0.2, 0.25) is 5.75 Å². The van der Waals surface area contributed by atoms with Crippen LogP contribution in [0.1, 0.15) is 44.6 Å². The van der Waals surface area contributed by atoms with Crippen LogP contribution in [0.15, 0.2) is 17.7 Å². The molecule has 2 N–H and O–H groups in total. The molecule has 0 radical (unpaired) electrons. The van der Waals surface area contributed by atoms with E-state index < -0.39 is 28.0 Å². The fourth-order valence-corrected chi connectivity index (χ4v) is 6.31. The fourth-order valence-electron chi connectivity index (χ4n) is 3.28. The first-order chi connectivity index (χ1) is 16.3. The van der Waals surface area contributed by atoms with Crippen LogP contribution in [-0.4, -0.2) is 62.6 Å². The maximum absolute atomic E-state index is 12.7. The molecule has 0 saturated carbocycles. The average Bonchev–Trinajstić information content (AvgIpc) is 3.33. The molecule has 0 aliphatic carbocycles. The van der Waals surface area contributed by atoms with Crippen LogP contribution in [0.2, 0.25) is 0 Å². The van der Waals surface area contributed by atoms with Gasteiger partial charge in [-0.2, -0.15) is 5.26 Å². The lowest BCUT2D eigenvalue weighted by atomic mass is 10.1. The third-order valence-electron chi connectivity index (χ3n) is 5.13. The Morgan fingerprint density at radius 3 is 2.76 bits per heavy atom. The van der Waals surface area contributed by atoms with Crippen molar-refractivity contribution < 1.29 is 29.5 Å². The Bertz CT molecular complexity index is 972. The van der Waals surface area contributed by atoms with Crippen LogP contribution in [-0.2, 0) is 14.3 Å². The molecule has 1 aliphatic rings. The number of nitro benzene ring substituents is 1. The van der Waals surface area contributed by atoms with E-state index in [-0.39, 0.29) is 36.8 Å². The number of carbonyl (C=O) groups excluding carboxylic acids is 2. The predicted molar refractivity (Wildman–Crippen MR) is 130 cm³/mol. The SMILES string of the molecule is CCN(CCOC(=O)CCCCC1CCSS1)C(=O)/C(C#N)=C/c1cc(O)c(O)c([N+](=O)[O-])c1. The molecule has 2 rings (SSSR count). The van der Waals surface area contributed by atoms with E-state index in [0.717, 1.165) is 37.5 Å². The molecule has 1 aromatic carbocycles. The number of amides is 1. The average molecular weight is 510 g/mol. The van der Waals surface area contributed by atoms with Gasteiger partial charge in [0.1, 0.15) is 18.2 Å². The van der Waals surface area contributed by atoms with Crippen molar-refractivity contribution in [3.05, 3.63) is 33.4 Å². The third kappa shape index (κ3) is 8.14. The highest BCUT2D eigenvalue weighted by Gasteiger charge is 2.21. The third-order valence-corrected chi connectivity index (χ3v) is 8.13. The quantitative estimate of drug-likeness (QED) is 0.0617. The van der Waals surface area contributed by atoms with Crippen molar-refractivity contribution in [2.45, 2.75) is 44.3 Å². The van der Waals surface area contributed by atoms with Gasteiger partial charge in [-0.25, -0.2) is 0 Å². The summed E-state index contributed by atoms with van der Waals surface area (Å²) >= 11 is 0. The fraction of sp³-hybridized carbons (Fsp3) is 0.500. The number of phenolic OH excluding ortho intramolecular Hbond substituents is 2. The first-order valence-corrected chi connectivity index (χ1v) is 13.2. The van der Waals surface area contributed by atoms with Crippen molar-refractivity contribution in [3.8, 4) is 17.6 Å². The lowest BCUT2D eigenvalue weighted by Gasteiger charge is -2.20. The molecule has 1 unspecified atom stereocenters. The van der Waals surface area contributed by atoms with Gasteiger partial charge in [-0.05, 0) is 43.9 Å². The molecule has 1 aliphatic heterocycles. The Kier molecular flexibility index (Phi) is 11.0. The zero-order valence-corrected chi connectivity index (χ0v) is 20.4. The molecule has 1 amide bonds. The van der Waals surface area contributed by atoms with Crippen LogP contribution < -0.4 is 0 Å². The number of carbonyl (C=O) groups is 2. The van der Waals surface area contributed by atoms with E-state index in [4.69, 9.17) is 4.74 Å². The molecule has 184 valence electrons. The number of phenols is 2.